The first-order chi connectivity index (χ1) is 8.20. The van der Waals surface area contributed by atoms with Crippen LogP contribution in [0, 0.1) is 0 Å². The molecular weight excluding hydrogens is 220 g/mol. The van der Waals surface area contributed by atoms with Crippen LogP contribution in [0.2, 0.25) is 0 Å². The minimum Gasteiger partial charge on any atom is -0.481 e. The molecule has 0 bridgehead atoms. The van der Waals surface area contributed by atoms with E-state index in [1.54, 1.807) is 0 Å². The van der Waals surface area contributed by atoms with Crippen LogP contribution >= 0.6 is 0 Å². The summed E-state index contributed by atoms with van der Waals surface area (Å²) in [6.45, 7) is 1.64. The molecule has 17 heavy (non-hydrogen) atoms. The molecule has 0 radical (unpaired) electrons. The molecule has 1 atom stereocenters. The predicted molar refractivity (Wildman–Crippen MR) is 64.8 cm³/mol. The zero-order chi connectivity index (χ0) is 12.5. The van der Waals surface area contributed by atoms with E-state index in [0.717, 1.165) is 45.1 Å². The van der Waals surface area contributed by atoms with Crippen molar-refractivity contribution in [1.82, 2.24) is 10.6 Å². The van der Waals surface area contributed by atoms with E-state index in [0.29, 0.717) is 6.54 Å². The van der Waals surface area contributed by atoms with Crippen LogP contribution in [-0.4, -0.2) is 36.1 Å². The standard InChI is InChI=1S/C12H22N2O3/c15-11(16)7-3-1-2-4-8-14-12(17)10-6-5-9-13-10/h10,13H,1-9H2,(H,14,17)(H,15,16)/t10-/m1/s1. The summed E-state index contributed by atoms with van der Waals surface area (Å²) in [5, 5.41) is 14.5. The highest BCUT2D eigenvalue weighted by atomic mass is 16.4. The highest BCUT2D eigenvalue weighted by Gasteiger charge is 2.20. The summed E-state index contributed by atoms with van der Waals surface area (Å²) in [6.07, 6.45) is 5.82. The lowest BCUT2D eigenvalue weighted by atomic mass is 10.1. The van der Waals surface area contributed by atoms with E-state index in [-0.39, 0.29) is 18.4 Å². The number of rotatable bonds is 8. The lowest BCUT2D eigenvalue weighted by Gasteiger charge is -2.10. The van der Waals surface area contributed by atoms with Crippen LogP contribution in [0.5, 0.6) is 0 Å². The normalized spacial score (nSPS) is 19.2. The molecule has 3 N–H and O–H groups in total. The second kappa shape index (κ2) is 8.06. The summed E-state index contributed by atoms with van der Waals surface area (Å²) in [5.74, 6) is -0.626. The van der Waals surface area contributed by atoms with Gasteiger partial charge in [-0.05, 0) is 32.2 Å². The largest absolute Gasteiger partial charge is 0.481 e. The van der Waals surface area contributed by atoms with Crippen molar-refractivity contribution in [3.05, 3.63) is 0 Å². The van der Waals surface area contributed by atoms with Crippen LogP contribution in [0.3, 0.4) is 0 Å². The highest BCUT2D eigenvalue weighted by molar-refractivity contribution is 5.81. The van der Waals surface area contributed by atoms with E-state index in [2.05, 4.69) is 10.6 Å². The fourth-order valence-corrected chi connectivity index (χ4v) is 2.00. The van der Waals surface area contributed by atoms with Crippen molar-refractivity contribution in [2.24, 2.45) is 0 Å². The maximum Gasteiger partial charge on any atom is 0.303 e. The minimum atomic E-state index is -0.731. The Morgan fingerprint density at radius 3 is 2.65 bits per heavy atom. The summed E-state index contributed by atoms with van der Waals surface area (Å²) in [7, 11) is 0. The number of hydrogen-bond acceptors (Lipinski definition) is 3. The quantitative estimate of drug-likeness (QED) is 0.552. The fraction of sp³-hybridized carbons (Fsp3) is 0.833. The van der Waals surface area contributed by atoms with Crippen LogP contribution in [0.4, 0.5) is 0 Å². The Bertz CT molecular complexity index is 250. The molecule has 0 spiro atoms. The monoisotopic (exact) mass is 242 g/mol. The molecule has 0 aromatic heterocycles. The Balaban J connectivity index is 1.89. The molecule has 1 fully saturated rings. The van der Waals surface area contributed by atoms with Crippen LogP contribution in [-0.2, 0) is 9.59 Å². The number of unbranched alkanes of at least 4 members (excludes halogenated alkanes) is 3. The summed E-state index contributed by atoms with van der Waals surface area (Å²) in [5.41, 5.74) is 0. The molecule has 1 rings (SSSR count). The first-order valence-corrected chi connectivity index (χ1v) is 6.43. The van der Waals surface area contributed by atoms with Gasteiger partial charge in [-0.2, -0.15) is 0 Å². The van der Waals surface area contributed by atoms with Crippen molar-refractivity contribution in [3.63, 3.8) is 0 Å². The Labute approximate surface area is 102 Å². The molecule has 0 aromatic carbocycles. The molecular formula is C12H22N2O3. The van der Waals surface area contributed by atoms with E-state index >= 15 is 0 Å². The third kappa shape index (κ3) is 6.26. The number of carbonyl (C=O) groups is 2. The Kier molecular flexibility index (Phi) is 6.62. The highest BCUT2D eigenvalue weighted by Crippen LogP contribution is 2.05. The van der Waals surface area contributed by atoms with Crippen LogP contribution < -0.4 is 10.6 Å². The third-order valence-electron chi connectivity index (χ3n) is 2.99. The Morgan fingerprint density at radius 1 is 1.24 bits per heavy atom. The van der Waals surface area contributed by atoms with E-state index < -0.39 is 5.97 Å². The van der Waals surface area contributed by atoms with Gasteiger partial charge >= 0.3 is 5.97 Å². The Morgan fingerprint density at radius 2 is 2.00 bits per heavy atom. The van der Waals surface area contributed by atoms with Gasteiger partial charge < -0.3 is 15.7 Å². The van der Waals surface area contributed by atoms with Crippen molar-refractivity contribution in [2.45, 2.75) is 51.0 Å². The van der Waals surface area contributed by atoms with Gasteiger partial charge in [0.1, 0.15) is 0 Å². The van der Waals surface area contributed by atoms with E-state index in [9.17, 15) is 9.59 Å². The number of nitrogens with one attached hydrogen (secondary N) is 2. The minimum absolute atomic E-state index is 0.00186. The summed E-state index contributed by atoms with van der Waals surface area (Å²) >= 11 is 0. The van der Waals surface area contributed by atoms with E-state index in [1.807, 2.05) is 0 Å². The number of aliphatic carboxylic acids is 1. The van der Waals surface area contributed by atoms with Crippen molar-refractivity contribution < 1.29 is 14.7 Å². The molecule has 98 valence electrons. The lowest BCUT2D eigenvalue weighted by molar-refractivity contribution is -0.137. The molecule has 0 unspecified atom stereocenters. The van der Waals surface area contributed by atoms with Gasteiger partial charge in [0.2, 0.25) is 5.91 Å². The van der Waals surface area contributed by atoms with Gasteiger partial charge in [0.25, 0.3) is 0 Å². The summed E-state index contributed by atoms with van der Waals surface area (Å²) in [4.78, 5) is 21.8. The SMILES string of the molecule is O=C(O)CCCCCCNC(=O)[C@H]1CCCN1. The summed E-state index contributed by atoms with van der Waals surface area (Å²) < 4.78 is 0. The number of carboxylic acid groups (broad SMARTS) is 1. The van der Waals surface area contributed by atoms with Gasteiger partial charge in [0.15, 0.2) is 0 Å². The van der Waals surface area contributed by atoms with Crippen LogP contribution in [0.25, 0.3) is 0 Å². The van der Waals surface area contributed by atoms with E-state index in [4.69, 9.17) is 5.11 Å². The molecule has 1 aliphatic rings. The van der Waals surface area contributed by atoms with Crippen LogP contribution in [0.15, 0.2) is 0 Å². The second-order valence-electron chi connectivity index (χ2n) is 4.50. The molecule has 5 heteroatoms. The molecule has 1 amide bonds. The molecule has 1 saturated heterocycles. The fourth-order valence-electron chi connectivity index (χ4n) is 2.00. The van der Waals surface area contributed by atoms with Gasteiger partial charge in [0.05, 0.1) is 6.04 Å². The molecule has 1 aliphatic heterocycles. The van der Waals surface area contributed by atoms with Gasteiger partial charge in [-0.1, -0.05) is 12.8 Å². The zero-order valence-electron chi connectivity index (χ0n) is 10.2. The van der Waals surface area contributed by atoms with Crippen molar-refractivity contribution >= 4 is 11.9 Å². The predicted octanol–water partition coefficient (Wildman–Crippen LogP) is 0.890. The summed E-state index contributed by atoms with van der Waals surface area (Å²) in [6, 6.07) is 0.00186. The Hall–Kier alpha value is -1.10. The van der Waals surface area contributed by atoms with Gasteiger partial charge in [0, 0.05) is 13.0 Å². The molecule has 1 heterocycles. The van der Waals surface area contributed by atoms with Gasteiger partial charge in [-0.3, -0.25) is 9.59 Å². The zero-order valence-corrected chi connectivity index (χ0v) is 10.2. The molecule has 5 nitrogen and oxygen atoms in total. The second-order valence-corrected chi connectivity index (χ2v) is 4.50. The maximum atomic E-state index is 11.6. The average molecular weight is 242 g/mol. The van der Waals surface area contributed by atoms with Gasteiger partial charge in [-0.25, -0.2) is 0 Å². The third-order valence-corrected chi connectivity index (χ3v) is 2.99. The molecule has 0 saturated carbocycles. The number of hydrogen-bond donors (Lipinski definition) is 3. The first-order valence-electron chi connectivity index (χ1n) is 6.43. The van der Waals surface area contributed by atoms with Crippen molar-refractivity contribution in [1.29, 1.82) is 0 Å². The molecule has 0 aromatic rings. The van der Waals surface area contributed by atoms with Crippen LogP contribution in [0.1, 0.15) is 44.9 Å². The number of carbonyl (C=O) groups excluding carboxylic acids is 1. The number of carboxylic acids is 1. The number of amides is 1. The van der Waals surface area contributed by atoms with Crippen molar-refractivity contribution in [3.8, 4) is 0 Å². The van der Waals surface area contributed by atoms with E-state index in [1.165, 1.54) is 0 Å². The smallest absolute Gasteiger partial charge is 0.303 e. The lowest BCUT2D eigenvalue weighted by Crippen LogP contribution is -2.40. The maximum absolute atomic E-state index is 11.6. The van der Waals surface area contributed by atoms with Gasteiger partial charge in [-0.15, -0.1) is 0 Å². The topological polar surface area (TPSA) is 78.4 Å². The van der Waals surface area contributed by atoms with Crippen molar-refractivity contribution in [2.75, 3.05) is 13.1 Å². The average Bonchev–Trinajstić information content (AvgIpc) is 2.80. The molecule has 0 aliphatic carbocycles. The first kappa shape index (κ1) is 14.0.